The van der Waals surface area contributed by atoms with Crippen LogP contribution in [0.4, 0.5) is 4.39 Å². The molecule has 0 unspecified atom stereocenters. The largest absolute Gasteiger partial charge is 0.435 e. The van der Waals surface area contributed by atoms with Gasteiger partial charge in [-0.3, -0.25) is 0 Å². The number of hydrogen-bond donors (Lipinski definition) is 0. The maximum Gasteiger partial charge on any atom is 0.227 e. The van der Waals surface area contributed by atoms with E-state index in [9.17, 15) is 12.8 Å². The van der Waals surface area contributed by atoms with E-state index in [1.54, 1.807) is 42.5 Å². The summed E-state index contributed by atoms with van der Waals surface area (Å²) in [5.74, 6) is 0.416. The van der Waals surface area contributed by atoms with Crippen molar-refractivity contribution < 1.29 is 17.2 Å². The molecule has 6 heteroatoms. The van der Waals surface area contributed by atoms with Gasteiger partial charge in [0.25, 0.3) is 0 Å². The van der Waals surface area contributed by atoms with Gasteiger partial charge < -0.3 is 4.42 Å². The Labute approximate surface area is 163 Å². The summed E-state index contributed by atoms with van der Waals surface area (Å²) in [6.45, 7) is 7.43. The molecule has 0 aliphatic rings. The molecule has 0 amide bonds. The van der Waals surface area contributed by atoms with Gasteiger partial charge in [0, 0.05) is 23.0 Å². The highest BCUT2D eigenvalue weighted by molar-refractivity contribution is 7.90. The first-order chi connectivity index (χ1) is 13.3. The van der Waals surface area contributed by atoms with Crippen LogP contribution in [-0.4, -0.2) is 19.7 Å². The van der Waals surface area contributed by atoms with E-state index in [4.69, 9.17) is 4.42 Å². The van der Waals surface area contributed by atoms with Gasteiger partial charge in [-0.25, -0.2) is 17.8 Å². The number of oxazole rings is 1. The molecule has 1 heterocycles. The van der Waals surface area contributed by atoms with Gasteiger partial charge in [-0.1, -0.05) is 31.4 Å². The average molecular weight is 395 g/mol. The monoisotopic (exact) mass is 395 g/mol. The van der Waals surface area contributed by atoms with Crippen LogP contribution in [0.2, 0.25) is 0 Å². The second-order valence-corrected chi connectivity index (χ2v) is 8.08. The third-order valence-electron chi connectivity index (χ3n) is 4.05. The van der Waals surface area contributed by atoms with Gasteiger partial charge in [0.15, 0.2) is 15.6 Å². The van der Waals surface area contributed by atoms with Crippen molar-refractivity contribution in [3.63, 3.8) is 0 Å². The Morgan fingerprint density at radius 2 is 1.64 bits per heavy atom. The van der Waals surface area contributed by atoms with Crippen LogP contribution in [0.1, 0.15) is 5.89 Å². The number of aromatic nitrogens is 1. The second kappa shape index (κ2) is 7.78. The lowest BCUT2D eigenvalue weighted by molar-refractivity contribution is 0.557. The van der Waals surface area contributed by atoms with E-state index >= 15 is 0 Å². The van der Waals surface area contributed by atoms with Crippen LogP contribution in [0.5, 0.6) is 0 Å². The molecule has 0 saturated carbocycles. The molecule has 2 aromatic carbocycles. The van der Waals surface area contributed by atoms with E-state index in [1.807, 2.05) is 0 Å². The maximum absolute atomic E-state index is 13.3. The smallest absolute Gasteiger partial charge is 0.227 e. The molecule has 0 saturated heterocycles. The van der Waals surface area contributed by atoms with Crippen molar-refractivity contribution in [2.24, 2.45) is 0 Å². The molecule has 3 rings (SSSR count). The van der Waals surface area contributed by atoms with Crippen molar-refractivity contribution in [3.8, 4) is 22.6 Å². The quantitative estimate of drug-likeness (QED) is 0.531. The van der Waals surface area contributed by atoms with Gasteiger partial charge in [0.05, 0.1) is 4.90 Å². The highest BCUT2D eigenvalue weighted by Crippen LogP contribution is 2.35. The summed E-state index contributed by atoms with van der Waals surface area (Å²) in [7, 11) is -3.31. The van der Waals surface area contributed by atoms with Crippen molar-refractivity contribution in [3.05, 3.63) is 91.6 Å². The molecule has 0 bridgehead atoms. The Hall–Kier alpha value is -3.25. The van der Waals surface area contributed by atoms with Crippen LogP contribution in [0.3, 0.4) is 0 Å². The zero-order valence-corrected chi connectivity index (χ0v) is 16.0. The summed E-state index contributed by atoms with van der Waals surface area (Å²) in [6.07, 6.45) is 6.05. The molecule has 3 aromatic rings. The van der Waals surface area contributed by atoms with Crippen molar-refractivity contribution in [1.29, 1.82) is 0 Å². The topological polar surface area (TPSA) is 60.2 Å². The van der Waals surface area contributed by atoms with Crippen LogP contribution in [0.25, 0.3) is 28.2 Å². The zero-order chi connectivity index (χ0) is 20.3. The third kappa shape index (κ3) is 4.02. The summed E-state index contributed by atoms with van der Waals surface area (Å²) in [6, 6.07) is 12.2. The van der Waals surface area contributed by atoms with E-state index in [2.05, 4.69) is 18.1 Å². The number of allylic oxidation sites excluding steroid dienone is 4. The first kappa shape index (κ1) is 19.5. The van der Waals surface area contributed by atoms with Crippen LogP contribution < -0.4 is 0 Å². The second-order valence-electron chi connectivity index (χ2n) is 6.06. The molecule has 0 spiro atoms. The number of halogens is 1. The molecule has 0 radical (unpaired) electrons. The third-order valence-corrected chi connectivity index (χ3v) is 5.18. The fraction of sp³-hybridized carbons (Fsp3) is 0.0455. The highest BCUT2D eigenvalue weighted by atomic mass is 32.2. The number of benzene rings is 2. The Morgan fingerprint density at radius 1 is 1.04 bits per heavy atom. The van der Waals surface area contributed by atoms with E-state index < -0.39 is 9.84 Å². The summed E-state index contributed by atoms with van der Waals surface area (Å²) >= 11 is 0. The van der Waals surface area contributed by atoms with Gasteiger partial charge in [-0.2, -0.15) is 0 Å². The normalized spacial score (nSPS) is 12.0. The summed E-state index contributed by atoms with van der Waals surface area (Å²) < 4.78 is 42.7. The standard InChI is InChI=1S/C22H18FNO3S/c1-4-6-15(5-2)22-24-20(16-7-11-18(23)12-8-16)21(27-22)17-9-13-19(14-10-17)28(3,25)26/h4-14H,1-2H2,3H3/b15-6+. The van der Waals surface area contributed by atoms with Crippen LogP contribution in [0, 0.1) is 5.82 Å². The molecule has 0 N–H and O–H groups in total. The first-order valence-corrected chi connectivity index (χ1v) is 10.3. The molecule has 0 aliphatic carbocycles. The average Bonchev–Trinajstić information content (AvgIpc) is 3.11. The fourth-order valence-corrected chi connectivity index (χ4v) is 3.28. The van der Waals surface area contributed by atoms with E-state index in [1.165, 1.54) is 24.3 Å². The fourth-order valence-electron chi connectivity index (χ4n) is 2.65. The van der Waals surface area contributed by atoms with Gasteiger partial charge >= 0.3 is 0 Å². The predicted molar refractivity (Wildman–Crippen MR) is 109 cm³/mol. The molecule has 142 valence electrons. The van der Waals surface area contributed by atoms with Gasteiger partial charge in [-0.15, -0.1) is 0 Å². The lowest BCUT2D eigenvalue weighted by atomic mass is 10.1. The molecule has 0 aliphatic heterocycles. The lowest BCUT2D eigenvalue weighted by Gasteiger charge is -2.03. The minimum absolute atomic E-state index is 0.206. The minimum Gasteiger partial charge on any atom is -0.435 e. The van der Waals surface area contributed by atoms with Crippen molar-refractivity contribution >= 4 is 15.4 Å². The Kier molecular flexibility index (Phi) is 5.42. The van der Waals surface area contributed by atoms with Crippen molar-refractivity contribution in [1.82, 2.24) is 4.98 Å². The SMILES string of the molecule is C=C/C=C(\C=C)c1nc(-c2ccc(F)cc2)c(-c2ccc(S(C)(=O)=O)cc2)o1. The van der Waals surface area contributed by atoms with Gasteiger partial charge in [0.1, 0.15) is 11.5 Å². The van der Waals surface area contributed by atoms with E-state index in [0.29, 0.717) is 34.0 Å². The van der Waals surface area contributed by atoms with E-state index in [-0.39, 0.29) is 10.7 Å². The van der Waals surface area contributed by atoms with Crippen LogP contribution in [-0.2, 0) is 9.84 Å². The van der Waals surface area contributed by atoms with Gasteiger partial charge in [-0.05, 0) is 48.5 Å². The highest BCUT2D eigenvalue weighted by Gasteiger charge is 2.19. The number of sulfone groups is 1. The van der Waals surface area contributed by atoms with Crippen molar-refractivity contribution in [2.75, 3.05) is 6.26 Å². The molecule has 0 fully saturated rings. The Balaban J connectivity index is 2.19. The lowest BCUT2D eigenvalue weighted by Crippen LogP contribution is -1.96. The minimum atomic E-state index is -3.31. The first-order valence-electron chi connectivity index (χ1n) is 8.36. The number of rotatable bonds is 6. The Morgan fingerprint density at radius 3 is 2.18 bits per heavy atom. The van der Waals surface area contributed by atoms with Crippen molar-refractivity contribution in [2.45, 2.75) is 4.90 Å². The maximum atomic E-state index is 13.3. The zero-order valence-electron chi connectivity index (χ0n) is 15.2. The summed E-state index contributed by atoms with van der Waals surface area (Å²) in [5.41, 5.74) is 2.46. The number of hydrogen-bond acceptors (Lipinski definition) is 4. The van der Waals surface area contributed by atoms with Crippen LogP contribution >= 0.6 is 0 Å². The summed E-state index contributed by atoms with van der Waals surface area (Å²) in [4.78, 5) is 4.76. The molecule has 28 heavy (non-hydrogen) atoms. The Bertz CT molecular complexity index is 1160. The predicted octanol–water partition coefficient (Wildman–Crippen LogP) is 5.31. The number of nitrogens with zero attached hydrogens (tertiary/aromatic N) is 1. The molecule has 4 nitrogen and oxygen atoms in total. The summed E-state index contributed by atoms with van der Waals surface area (Å²) in [5, 5.41) is 0. The molecular formula is C22H18FNO3S. The molecule has 0 atom stereocenters. The molecule has 1 aromatic heterocycles. The van der Waals surface area contributed by atoms with Crippen LogP contribution in [0.15, 0.2) is 89.2 Å². The molecular weight excluding hydrogens is 377 g/mol. The van der Waals surface area contributed by atoms with Gasteiger partial charge in [0.2, 0.25) is 5.89 Å². The van der Waals surface area contributed by atoms with E-state index in [0.717, 1.165) is 6.26 Å².